The van der Waals surface area contributed by atoms with Gasteiger partial charge in [-0.15, -0.1) is 0 Å². The minimum Gasteiger partial charge on any atom is -0.366 e. The van der Waals surface area contributed by atoms with Crippen molar-refractivity contribution in [2.24, 2.45) is 0 Å². The molecule has 2 unspecified atom stereocenters. The Bertz CT molecular complexity index is 469. The number of benzene rings is 1. The highest BCUT2D eigenvalue weighted by molar-refractivity contribution is 9.10. The SMILES string of the molecule is CC1CCN(C)C(CC#N)CN1c1ccccc1Br. The van der Waals surface area contributed by atoms with Gasteiger partial charge in [0.25, 0.3) is 0 Å². The molecule has 0 aromatic heterocycles. The van der Waals surface area contributed by atoms with Crippen molar-refractivity contribution in [2.75, 3.05) is 25.0 Å². The van der Waals surface area contributed by atoms with Crippen LogP contribution in [0.25, 0.3) is 0 Å². The van der Waals surface area contributed by atoms with E-state index in [0.717, 1.165) is 24.0 Å². The van der Waals surface area contributed by atoms with Gasteiger partial charge in [0, 0.05) is 29.6 Å². The van der Waals surface area contributed by atoms with Crippen LogP contribution in [0.3, 0.4) is 0 Å². The summed E-state index contributed by atoms with van der Waals surface area (Å²) >= 11 is 3.64. The van der Waals surface area contributed by atoms with Crippen LogP contribution in [0.15, 0.2) is 28.7 Å². The zero-order valence-electron chi connectivity index (χ0n) is 11.5. The minimum absolute atomic E-state index is 0.307. The van der Waals surface area contributed by atoms with Gasteiger partial charge in [-0.1, -0.05) is 12.1 Å². The number of nitriles is 1. The number of hydrogen-bond donors (Lipinski definition) is 0. The molecule has 2 atom stereocenters. The van der Waals surface area contributed by atoms with E-state index in [2.05, 4.69) is 64.0 Å². The van der Waals surface area contributed by atoms with Crippen molar-refractivity contribution in [3.8, 4) is 6.07 Å². The van der Waals surface area contributed by atoms with E-state index in [1.165, 1.54) is 5.69 Å². The summed E-state index contributed by atoms with van der Waals surface area (Å²) in [5, 5.41) is 9.00. The van der Waals surface area contributed by atoms with Gasteiger partial charge in [0.15, 0.2) is 0 Å². The summed E-state index contributed by atoms with van der Waals surface area (Å²) in [7, 11) is 2.12. The lowest BCUT2D eigenvalue weighted by atomic mass is 10.1. The molecule has 2 rings (SSSR count). The fraction of sp³-hybridized carbons (Fsp3) is 0.533. The third-order valence-electron chi connectivity index (χ3n) is 3.95. The summed E-state index contributed by atoms with van der Waals surface area (Å²) in [5.41, 5.74) is 1.23. The van der Waals surface area contributed by atoms with Crippen LogP contribution in [-0.4, -0.2) is 37.1 Å². The Morgan fingerprint density at radius 1 is 1.42 bits per heavy atom. The summed E-state index contributed by atoms with van der Waals surface area (Å²) < 4.78 is 1.13. The number of para-hydroxylation sites is 1. The Morgan fingerprint density at radius 3 is 2.84 bits per heavy atom. The van der Waals surface area contributed by atoms with E-state index < -0.39 is 0 Å². The maximum atomic E-state index is 9.00. The second kappa shape index (κ2) is 6.40. The smallest absolute Gasteiger partial charge is 0.0638 e. The Kier molecular flexibility index (Phi) is 4.84. The molecule has 4 heteroatoms. The first kappa shape index (κ1) is 14.4. The standard InChI is InChI=1S/C15H20BrN3/c1-12-8-10-18(2)13(7-9-17)11-19(12)15-6-4-3-5-14(15)16/h3-6,12-13H,7-8,10-11H2,1-2H3. The molecular weight excluding hydrogens is 302 g/mol. The van der Waals surface area contributed by atoms with Crippen molar-refractivity contribution in [1.29, 1.82) is 5.26 Å². The molecule has 0 saturated carbocycles. The number of rotatable bonds is 2. The van der Waals surface area contributed by atoms with Crippen LogP contribution in [0.5, 0.6) is 0 Å². The van der Waals surface area contributed by atoms with E-state index in [1.807, 2.05) is 6.07 Å². The summed E-state index contributed by atoms with van der Waals surface area (Å²) in [4.78, 5) is 4.74. The zero-order chi connectivity index (χ0) is 13.8. The summed E-state index contributed by atoms with van der Waals surface area (Å²) in [6.45, 7) is 4.23. The lowest BCUT2D eigenvalue weighted by Crippen LogP contribution is -2.40. The van der Waals surface area contributed by atoms with Gasteiger partial charge in [0.1, 0.15) is 0 Å². The van der Waals surface area contributed by atoms with E-state index in [0.29, 0.717) is 18.5 Å². The van der Waals surface area contributed by atoms with Crippen LogP contribution in [0, 0.1) is 11.3 Å². The Labute approximate surface area is 123 Å². The van der Waals surface area contributed by atoms with Gasteiger partial charge < -0.3 is 9.80 Å². The second-order valence-electron chi connectivity index (χ2n) is 5.24. The monoisotopic (exact) mass is 321 g/mol. The molecule has 1 aromatic carbocycles. The normalized spacial score (nSPS) is 24.8. The number of hydrogen-bond acceptors (Lipinski definition) is 3. The zero-order valence-corrected chi connectivity index (χ0v) is 13.1. The fourth-order valence-electron chi connectivity index (χ4n) is 2.62. The van der Waals surface area contributed by atoms with Gasteiger partial charge >= 0.3 is 0 Å². The van der Waals surface area contributed by atoms with Gasteiger partial charge in [0.05, 0.1) is 18.2 Å². The van der Waals surface area contributed by atoms with E-state index >= 15 is 0 Å². The van der Waals surface area contributed by atoms with Crippen molar-refractivity contribution < 1.29 is 0 Å². The van der Waals surface area contributed by atoms with Crippen molar-refractivity contribution in [3.63, 3.8) is 0 Å². The first-order valence-electron chi connectivity index (χ1n) is 6.72. The molecule has 0 N–H and O–H groups in total. The number of nitrogens with zero attached hydrogens (tertiary/aromatic N) is 3. The maximum Gasteiger partial charge on any atom is 0.0638 e. The number of likely N-dealkylation sites (N-methyl/N-ethyl adjacent to an activating group) is 1. The molecular formula is C15H20BrN3. The molecule has 1 aliphatic heterocycles. The maximum absolute atomic E-state index is 9.00. The van der Waals surface area contributed by atoms with E-state index in [1.54, 1.807) is 0 Å². The molecule has 0 radical (unpaired) electrons. The fourth-order valence-corrected chi connectivity index (χ4v) is 3.13. The lowest BCUT2D eigenvalue weighted by Gasteiger charge is -2.32. The Balaban J connectivity index is 2.27. The molecule has 19 heavy (non-hydrogen) atoms. The molecule has 0 aliphatic carbocycles. The van der Waals surface area contributed by atoms with Crippen molar-refractivity contribution in [3.05, 3.63) is 28.7 Å². The van der Waals surface area contributed by atoms with Gasteiger partial charge in [0.2, 0.25) is 0 Å². The molecule has 1 aliphatic rings. The highest BCUT2D eigenvalue weighted by Gasteiger charge is 2.27. The van der Waals surface area contributed by atoms with Crippen LogP contribution in [0.4, 0.5) is 5.69 Å². The predicted octanol–water partition coefficient (Wildman–Crippen LogP) is 3.26. The van der Waals surface area contributed by atoms with Gasteiger partial charge in [-0.25, -0.2) is 0 Å². The quantitative estimate of drug-likeness (QED) is 0.837. The predicted molar refractivity (Wildman–Crippen MR) is 82.2 cm³/mol. The average Bonchev–Trinajstić information content (AvgIpc) is 2.53. The van der Waals surface area contributed by atoms with E-state index in [-0.39, 0.29) is 0 Å². The largest absolute Gasteiger partial charge is 0.366 e. The highest BCUT2D eigenvalue weighted by atomic mass is 79.9. The van der Waals surface area contributed by atoms with Crippen LogP contribution in [-0.2, 0) is 0 Å². The molecule has 3 nitrogen and oxygen atoms in total. The third-order valence-corrected chi connectivity index (χ3v) is 4.62. The van der Waals surface area contributed by atoms with Crippen molar-refractivity contribution in [2.45, 2.75) is 31.8 Å². The second-order valence-corrected chi connectivity index (χ2v) is 6.09. The number of halogens is 1. The topological polar surface area (TPSA) is 30.3 Å². The van der Waals surface area contributed by atoms with E-state index in [9.17, 15) is 0 Å². The molecule has 1 heterocycles. The first-order valence-corrected chi connectivity index (χ1v) is 7.51. The van der Waals surface area contributed by atoms with Crippen LogP contribution < -0.4 is 4.90 Å². The summed E-state index contributed by atoms with van der Waals surface area (Å²) in [6.07, 6.45) is 1.71. The van der Waals surface area contributed by atoms with Crippen LogP contribution >= 0.6 is 15.9 Å². The molecule has 1 aromatic rings. The average molecular weight is 322 g/mol. The van der Waals surface area contributed by atoms with Gasteiger partial charge in [-0.3, -0.25) is 0 Å². The Hall–Kier alpha value is -1.05. The lowest BCUT2D eigenvalue weighted by molar-refractivity contribution is 0.263. The minimum atomic E-state index is 0.307. The van der Waals surface area contributed by atoms with Gasteiger partial charge in [-0.05, 0) is 48.5 Å². The third kappa shape index (κ3) is 3.29. The highest BCUT2D eigenvalue weighted by Crippen LogP contribution is 2.30. The molecule has 102 valence electrons. The number of anilines is 1. The first-order chi connectivity index (χ1) is 9.13. The molecule has 0 amide bonds. The summed E-state index contributed by atoms with van der Waals surface area (Å²) in [5.74, 6) is 0. The van der Waals surface area contributed by atoms with Crippen LogP contribution in [0.1, 0.15) is 19.8 Å². The molecule has 0 bridgehead atoms. The summed E-state index contributed by atoms with van der Waals surface area (Å²) in [6, 6.07) is 11.4. The molecule has 1 saturated heterocycles. The van der Waals surface area contributed by atoms with E-state index in [4.69, 9.17) is 5.26 Å². The molecule has 0 spiro atoms. The molecule has 1 fully saturated rings. The van der Waals surface area contributed by atoms with Crippen molar-refractivity contribution in [1.82, 2.24) is 4.90 Å². The van der Waals surface area contributed by atoms with Gasteiger partial charge in [-0.2, -0.15) is 5.26 Å². The Morgan fingerprint density at radius 2 is 2.16 bits per heavy atom. The van der Waals surface area contributed by atoms with Crippen molar-refractivity contribution >= 4 is 21.6 Å². The van der Waals surface area contributed by atoms with Crippen LogP contribution in [0.2, 0.25) is 0 Å².